The molecule has 0 fully saturated rings. The van der Waals surface area contributed by atoms with E-state index in [-0.39, 0.29) is 12.1 Å². The van der Waals surface area contributed by atoms with E-state index in [1.54, 1.807) is 19.2 Å². The number of hydrogen-bond acceptors (Lipinski definition) is 5. The lowest BCUT2D eigenvalue weighted by Crippen LogP contribution is -2.29. The zero-order valence-electron chi connectivity index (χ0n) is 14.8. The molecule has 0 aliphatic heterocycles. The van der Waals surface area contributed by atoms with Crippen LogP contribution in [0, 0.1) is 11.3 Å². The summed E-state index contributed by atoms with van der Waals surface area (Å²) < 4.78 is 6.84. The van der Waals surface area contributed by atoms with E-state index in [0.29, 0.717) is 29.8 Å². The van der Waals surface area contributed by atoms with Crippen molar-refractivity contribution in [1.29, 1.82) is 5.26 Å². The molecule has 6 heteroatoms. The van der Waals surface area contributed by atoms with Crippen LogP contribution in [0.25, 0.3) is 10.9 Å². The molecule has 26 heavy (non-hydrogen) atoms. The van der Waals surface area contributed by atoms with Crippen molar-refractivity contribution in [3.05, 3.63) is 70.3 Å². The van der Waals surface area contributed by atoms with Gasteiger partial charge < -0.3 is 4.74 Å². The average Bonchev–Trinajstić information content (AvgIpc) is 2.65. The number of hydrogen-bond donors (Lipinski definition) is 0. The van der Waals surface area contributed by atoms with E-state index in [1.165, 1.54) is 4.57 Å². The fourth-order valence-corrected chi connectivity index (χ4v) is 2.99. The summed E-state index contributed by atoms with van der Waals surface area (Å²) in [6.45, 7) is 1.06. The van der Waals surface area contributed by atoms with Gasteiger partial charge in [0.15, 0.2) is 0 Å². The maximum Gasteiger partial charge on any atom is 0.262 e. The van der Waals surface area contributed by atoms with Crippen molar-refractivity contribution in [2.45, 2.75) is 19.6 Å². The molecule has 0 aliphatic carbocycles. The Labute approximate surface area is 151 Å². The highest BCUT2D eigenvalue weighted by Gasteiger charge is 2.13. The first kappa shape index (κ1) is 17.6. The summed E-state index contributed by atoms with van der Waals surface area (Å²) in [5.41, 5.74) is 1.51. The van der Waals surface area contributed by atoms with Crippen molar-refractivity contribution in [3.63, 3.8) is 0 Å². The zero-order valence-corrected chi connectivity index (χ0v) is 14.8. The SMILES string of the molecule is COc1ccccc1CN(C)Cc1nc2ccccc2c(=O)n1CC#N. The fraction of sp³-hybridized carbons (Fsp3) is 0.250. The molecule has 0 saturated carbocycles. The quantitative estimate of drug-likeness (QED) is 0.685. The third kappa shape index (κ3) is 3.58. The molecule has 0 aliphatic rings. The second kappa shape index (κ2) is 7.81. The number of benzene rings is 2. The number of rotatable bonds is 6. The van der Waals surface area contributed by atoms with Crippen LogP contribution in [0.2, 0.25) is 0 Å². The predicted octanol–water partition coefficient (Wildman–Crippen LogP) is 2.56. The van der Waals surface area contributed by atoms with Crippen molar-refractivity contribution in [2.24, 2.45) is 0 Å². The van der Waals surface area contributed by atoms with E-state index in [9.17, 15) is 4.79 Å². The first-order valence-corrected chi connectivity index (χ1v) is 8.30. The number of fused-ring (bicyclic) bond motifs is 1. The molecule has 0 radical (unpaired) electrons. The number of methoxy groups -OCH3 is 1. The predicted molar refractivity (Wildman–Crippen MR) is 99.8 cm³/mol. The molecule has 1 heterocycles. The van der Waals surface area contributed by atoms with Crippen LogP contribution in [0.5, 0.6) is 5.75 Å². The molecule has 0 saturated heterocycles. The Morgan fingerprint density at radius 1 is 1.15 bits per heavy atom. The second-order valence-electron chi connectivity index (χ2n) is 6.08. The fourth-order valence-electron chi connectivity index (χ4n) is 2.99. The van der Waals surface area contributed by atoms with Crippen LogP contribution in [0.4, 0.5) is 0 Å². The smallest absolute Gasteiger partial charge is 0.262 e. The van der Waals surface area contributed by atoms with Crippen molar-refractivity contribution in [3.8, 4) is 11.8 Å². The third-order valence-electron chi connectivity index (χ3n) is 4.21. The molecule has 0 atom stereocenters. The van der Waals surface area contributed by atoms with E-state index in [4.69, 9.17) is 10.00 Å². The highest BCUT2D eigenvalue weighted by atomic mass is 16.5. The van der Waals surface area contributed by atoms with Gasteiger partial charge in [0.1, 0.15) is 18.1 Å². The van der Waals surface area contributed by atoms with E-state index in [1.807, 2.05) is 48.3 Å². The Bertz CT molecular complexity index is 1020. The van der Waals surface area contributed by atoms with E-state index in [2.05, 4.69) is 11.1 Å². The van der Waals surface area contributed by atoms with Gasteiger partial charge in [-0.2, -0.15) is 5.26 Å². The van der Waals surface area contributed by atoms with Crippen molar-refractivity contribution in [2.75, 3.05) is 14.2 Å². The van der Waals surface area contributed by atoms with Crippen LogP contribution in [-0.2, 0) is 19.6 Å². The van der Waals surface area contributed by atoms with Crippen LogP contribution in [0.3, 0.4) is 0 Å². The molecule has 0 spiro atoms. The summed E-state index contributed by atoms with van der Waals surface area (Å²) in [4.78, 5) is 19.4. The second-order valence-corrected chi connectivity index (χ2v) is 6.08. The number of ether oxygens (including phenoxy) is 1. The highest BCUT2D eigenvalue weighted by molar-refractivity contribution is 5.77. The van der Waals surface area contributed by atoms with Gasteiger partial charge in [-0.05, 0) is 25.2 Å². The summed E-state index contributed by atoms with van der Waals surface area (Å²) in [5.74, 6) is 1.40. The molecule has 3 rings (SSSR count). The van der Waals surface area contributed by atoms with Crippen molar-refractivity contribution < 1.29 is 4.74 Å². The molecule has 6 nitrogen and oxygen atoms in total. The first-order chi connectivity index (χ1) is 12.6. The minimum absolute atomic E-state index is 0.0193. The Morgan fingerprint density at radius 3 is 2.65 bits per heavy atom. The summed E-state index contributed by atoms with van der Waals surface area (Å²) in [6.07, 6.45) is 0. The Morgan fingerprint density at radius 2 is 1.88 bits per heavy atom. The molecular weight excluding hydrogens is 328 g/mol. The highest BCUT2D eigenvalue weighted by Crippen LogP contribution is 2.19. The number of nitriles is 1. The van der Waals surface area contributed by atoms with Crippen LogP contribution in [0.1, 0.15) is 11.4 Å². The van der Waals surface area contributed by atoms with Gasteiger partial charge in [-0.15, -0.1) is 0 Å². The van der Waals surface area contributed by atoms with Gasteiger partial charge in [0, 0.05) is 12.1 Å². The lowest BCUT2D eigenvalue weighted by Gasteiger charge is -2.20. The first-order valence-electron chi connectivity index (χ1n) is 8.30. The van der Waals surface area contributed by atoms with Crippen LogP contribution in [0.15, 0.2) is 53.3 Å². The summed E-state index contributed by atoms with van der Waals surface area (Å²) >= 11 is 0. The molecule has 0 N–H and O–H groups in total. The topological polar surface area (TPSA) is 71.2 Å². The molecule has 3 aromatic rings. The lowest BCUT2D eigenvalue weighted by molar-refractivity contribution is 0.297. The number of para-hydroxylation sites is 2. The largest absolute Gasteiger partial charge is 0.496 e. The zero-order chi connectivity index (χ0) is 18.5. The Kier molecular flexibility index (Phi) is 5.30. The molecule has 1 aromatic heterocycles. The summed E-state index contributed by atoms with van der Waals surface area (Å²) in [5, 5.41) is 9.64. The van der Waals surface area contributed by atoms with Gasteiger partial charge in [-0.25, -0.2) is 4.98 Å². The number of nitrogens with zero attached hydrogens (tertiary/aromatic N) is 4. The van der Waals surface area contributed by atoms with E-state index < -0.39 is 0 Å². The van der Waals surface area contributed by atoms with E-state index in [0.717, 1.165) is 11.3 Å². The Balaban J connectivity index is 1.93. The normalized spacial score (nSPS) is 10.8. The molecule has 0 unspecified atom stereocenters. The van der Waals surface area contributed by atoms with Crippen LogP contribution < -0.4 is 10.3 Å². The van der Waals surface area contributed by atoms with Crippen molar-refractivity contribution in [1.82, 2.24) is 14.5 Å². The summed E-state index contributed by atoms with van der Waals surface area (Å²) in [7, 11) is 3.60. The third-order valence-corrected chi connectivity index (χ3v) is 4.21. The minimum atomic E-state index is -0.183. The standard InChI is InChI=1S/C20H20N4O2/c1-23(13-15-7-3-6-10-18(15)26-2)14-19-22-17-9-5-4-8-16(17)20(25)24(19)12-11-21/h3-10H,12-14H2,1-2H3. The average molecular weight is 348 g/mol. The molecular formula is C20H20N4O2. The molecule has 0 bridgehead atoms. The maximum atomic E-state index is 12.7. The van der Waals surface area contributed by atoms with E-state index >= 15 is 0 Å². The molecule has 0 amide bonds. The maximum absolute atomic E-state index is 12.7. The van der Waals surface area contributed by atoms with Crippen LogP contribution >= 0.6 is 0 Å². The van der Waals surface area contributed by atoms with Crippen molar-refractivity contribution >= 4 is 10.9 Å². The van der Waals surface area contributed by atoms with Gasteiger partial charge in [0.2, 0.25) is 0 Å². The van der Waals surface area contributed by atoms with Gasteiger partial charge in [-0.1, -0.05) is 30.3 Å². The molecule has 132 valence electrons. The van der Waals surface area contributed by atoms with Crippen LogP contribution in [-0.4, -0.2) is 28.6 Å². The minimum Gasteiger partial charge on any atom is -0.496 e. The molecule has 2 aromatic carbocycles. The monoisotopic (exact) mass is 348 g/mol. The van der Waals surface area contributed by atoms with Gasteiger partial charge in [-0.3, -0.25) is 14.3 Å². The summed E-state index contributed by atoms with van der Waals surface area (Å²) in [6, 6.07) is 17.1. The van der Waals surface area contributed by atoms with Gasteiger partial charge >= 0.3 is 0 Å². The van der Waals surface area contributed by atoms with Gasteiger partial charge in [0.25, 0.3) is 5.56 Å². The Hall–Kier alpha value is -3.17. The van der Waals surface area contributed by atoms with Gasteiger partial charge in [0.05, 0.1) is 30.6 Å². The lowest BCUT2D eigenvalue weighted by atomic mass is 10.2. The number of aromatic nitrogens is 2.